The maximum atomic E-state index is 11.0. The summed E-state index contributed by atoms with van der Waals surface area (Å²) in [6, 6.07) is 7.93. The van der Waals surface area contributed by atoms with Gasteiger partial charge in [0.05, 0.1) is 4.87 Å². The number of aliphatic carboxylic acids is 1. The summed E-state index contributed by atoms with van der Waals surface area (Å²) in [7, 11) is 0. The van der Waals surface area contributed by atoms with Crippen molar-refractivity contribution >= 4 is 17.7 Å². The topological polar surface area (TPSA) is 49.3 Å². The number of carboxylic acid groups (broad SMARTS) is 1. The number of carboxylic acids is 1. The van der Waals surface area contributed by atoms with Crippen molar-refractivity contribution in [2.24, 2.45) is 0 Å². The minimum absolute atomic E-state index is 0.139. The number of nitrogens with one attached hydrogen (secondary N) is 1. The molecule has 0 aromatic heterocycles. The molecule has 0 radical (unpaired) electrons. The van der Waals surface area contributed by atoms with Gasteiger partial charge in [-0.1, -0.05) is 24.3 Å². The highest BCUT2D eigenvalue weighted by Gasteiger charge is 2.46. The monoisotopic (exact) mass is 235 g/mol. The van der Waals surface area contributed by atoms with E-state index < -0.39 is 12.0 Å². The Morgan fingerprint density at radius 1 is 1.50 bits per heavy atom. The summed E-state index contributed by atoms with van der Waals surface area (Å²) in [6.45, 7) is 0. The second-order valence-corrected chi connectivity index (χ2v) is 5.65. The first kappa shape index (κ1) is 10.2. The van der Waals surface area contributed by atoms with Crippen LogP contribution in [0.5, 0.6) is 0 Å². The van der Waals surface area contributed by atoms with E-state index in [1.165, 1.54) is 11.1 Å². The number of hydrogen-bond donors (Lipinski definition) is 2. The number of rotatable bonds is 1. The highest BCUT2D eigenvalue weighted by molar-refractivity contribution is 8.00. The Balaban J connectivity index is 1.95. The number of aryl methyl sites for hydroxylation is 1. The molecule has 1 unspecified atom stereocenters. The maximum absolute atomic E-state index is 11.0. The van der Waals surface area contributed by atoms with Gasteiger partial charge in [0, 0.05) is 5.75 Å². The molecule has 1 spiro atoms. The van der Waals surface area contributed by atoms with E-state index in [1.54, 1.807) is 11.8 Å². The van der Waals surface area contributed by atoms with E-state index in [4.69, 9.17) is 5.11 Å². The molecule has 1 aliphatic carbocycles. The highest BCUT2D eigenvalue weighted by Crippen LogP contribution is 2.48. The van der Waals surface area contributed by atoms with E-state index >= 15 is 0 Å². The molecule has 3 rings (SSSR count). The Bertz CT molecular complexity index is 448. The smallest absolute Gasteiger partial charge is 0.321 e. The third kappa shape index (κ3) is 1.37. The van der Waals surface area contributed by atoms with Gasteiger partial charge in [-0.15, -0.1) is 11.8 Å². The highest BCUT2D eigenvalue weighted by atomic mass is 32.2. The van der Waals surface area contributed by atoms with Crippen LogP contribution in [0.25, 0.3) is 0 Å². The third-order valence-electron chi connectivity index (χ3n) is 3.40. The number of hydrogen-bond acceptors (Lipinski definition) is 3. The zero-order valence-corrected chi connectivity index (χ0v) is 9.59. The van der Waals surface area contributed by atoms with Crippen molar-refractivity contribution in [2.75, 3.05) is 5.75 Å². The molecule has 1 aromatic carbocycles. The molecule has 1 saturated heterocycles. The number of carbonyl (C=O) groups is 1. The molecule has 1 fully saturated rings. The Labute approximate surface area is 98.2 Å². The number of fused-ring (bicyclic) bond motifs is 2. The predicted molar refractivity (Wildman–Crippen MR) is 63.5 cm³/mol. The Morgan fingerprint density at radius 3 is 3.06 bits per heavy atom. The quantitative estimate of drug-likeness (QED) is 0.776. The van der Waals surface area contributed by atoms with Gasteiger partial charge < -0.3 is 5.11 Å². The van der Waals surface area contributed by atoms with E-state index in [-0.39, 0.29) is 4.87 Å². The standard InChI is InChI=1S/C12H13NO2S/c14-11(15)10-7-16-12(13-10)6-5-8-3-1-2-4-9(8)12/h1-4,10,13H,5-7H2,(H,14,15)/t10-,12?/m0/s1. The van der Waals surface area contributed by atoms with Crippen LogP contribution < -0.4 is 5.32 Å². The predicted octanol–water partition coefficient (Wildman–Crippen LogP) is 1.58. The number of benzene rings is 1. The summed E-state index contributed by atoms with van der Waals surface area (Å²) < 4.78 is 0. The normalized spacial score (nSPS) is 31.9. The summed E-state index contributed by atoms with van der Waals surface area (Å²) in [6.07, 6.45) is 2.04. The van der Waals surface area contributed by atoms with Gasteiger partial charge in [-0.2, -0.15) is 0 Å². The van der Waals surface area contributed by atoms with Crippen LogP contribution in [-0.4, -0.2) is 22.9 Å². The van der Waals surface area contributed by atoms with Gasteiger partial charge >= 0.3 is 5.97 Å². The fourth-order valence-corrected chi connectivity index (χ4v) is 4.10. The molecule has 1 heterocycles. The molecule has 16 heavy (non-hydrogen) atoms. The zero-order chi connectivity index (χ0) is 11.2. The van der Waals surface area contributed by atoms with Crippen LogP contribution in [0.1, 0.15) is 17.5 Å². The maximum Gasteiger partial charge on any atom is 0.321 e. The van der Waals surface area contributed by atoms with Gasteiger partial charge in [-0.3, -0.25) is 10.1 Å². The van der Waals surface area contributed by atoms with Crippen LogP contribution in [0.15, 0.2) is 24.3 Å². The zero-order valence-electron chi connectivity index (χ0n) is 8.77. The van der Waals surface area contributed by atoms with Crippen molar-refractivity contribution in [3.8, 4) is 0 Å². The van der Waals surface area contributed by atoms with Crippen molar-refractivity contribution < 1.29 is 9.90 Å². The molecular formula is C12H13NO2S. The first-order chi connectivity index (χ1) is 7.71. The molecule has 2 aliphatic rings. The van der Waals surface area contributed by atoms with Crippen molar-refractivity contribution in [3.05, 3.63) is 35.4 Å². The molecule has 1 aliphatic heterocycles. The second kappa shape index (κ2) is 3.50. The van der Waals surface area contributed by atoms with Gasteiger partial charge in [-0.05, 0) is 24.0 Å². The van der Waals surface area contributed by atoms with Crippen LogP contribution in [0, 0.1) is 0 Å². The Kier molecular flexibility index (Phi) is 2.23. The van der Waals surface area contributed by atoms with Gasteiger partial charge in [0.25, 0.3) is 0 Å². The summed E-state index contributed by atoms with van der Waals surface area (Å²) in [5.41, 5.74) is 2.64. The lowest BCUT2D eigenvalue weighted by Crippen LogP contribution is -2.42. The van der Waals surface area contributed by atoms with Crippen LogP contribution >= 0.6 is 11.8 Å². The SMILES string of the molecule is O=C(O)[C@@H]1CSC2(CCc3ccccc32)N1. The first-order valence-corrected chi connectivity index (χ1v) is 6.43. The molecule has 84 valence electrons. The van der Waals surface area contributed by atoms with Crippen LogP contribution in [0.2, 0.25) is 0 Å². The molecule has 0 saturated carbocycles. The van der Waals surface area contributed by atoms with Crippen molar-refractivity contribution in [1.82, 2.24) is 5.32 Å². The molecule has 0 amide bonds. The second-order valence-electron chi connectivity index (χ2n) is 4.33. The summed E-state index contributed by atoms with van der Waals surface area (Å²) in [4.78, 5) is 10.8. The molecular weight excluding hydrogens is 222 g/mol. The average Bonchev–Trinajstić information content (AvgIpc) is 2.87. The van der Waals surface area contributed by atoms with Crippen molar-refractivity contribution in [3.63, 3.8) is 0 Å². The average molecular weight is 235 g/mol. The van der Waals surface area contributed by atoms with E-state index in [0.29, 0.717) is 5.75 Å². The molecule has 1 aromatic rings. The fraction of sp³-hybridized carbons (Fsp3) is 0.417. The lowest BCUT2D eigenvalue weighted by atomic mass is 10.1. The minimum atomic E-state index is -0.742. The fourth-order valence-electron chi connectivity index (χ4n) is 2.60. The molecule has 3 nitrogen and oxygen atoms in total. The van der Waals surface area contributed by atoms with E-state index in [2.05, 4.69) is 17.4 Å². The Hall–Kier alpha value is -1.00. The minimum Gasteiger partial charge on any atom is -0.480 e. The molecule has 2 N–H and O–H groups in total. The van der Waals surface area contributed by atoms with Crippen LogP contribution in [0.3, 0.4) is 0 Å². The molecule has 2 atom stereocenters. The van der Waals surface area contributed by atoms with Crippen molar-refractivity contribution in [1.29, 1.82) is 0 Å². The van der Waals surface area contributed by atoms with Gasteiger partial charge in [0.15, 0.2) is 0 Å². The van der Waals surface area contributed by atoms with Crippen molar-refractivity contribution in [2.45, 2.75) is 23.8 Å². The van der Waals surface area contributed by atoms with E-state index in [1.807, 2.05) is 12.1 Å². The summed E-state index contributed by atoms with van der Waals surface area (Å²) in [5, 5.41) is 12.3. The molecule has 0 bridgehead atoms. The lowest BCUT2D eigenvalue weighted by molar-refractivity contribution is -0.138. The van der Waals surface area contributed by atoms with E-state index in [0.717, 1.165) is 12.8 Å². The summed E-state index contributed by atoms with van der Waals surface area (Å²) >= 11 is 1.74. The van der Waals surface area contributed by atoms with E-state index in [9.17, 15) is 4.79 Å². The van der Waals surface area contributed by atoms with Gasteiger partial charge in [0.1, 0.15) is 6.04 Å². The Morgan fingerprint density at radius 2 is 2.31 bits per heavy atom. The first-order valence-electron chi connectivity index (χ1n) is 5.44. The van der Waals surface area contributed by atoms with Gasteiger partial charge in [0.2, 0.25) is 0 Å². The third-order valence-corrected chi connectivity index (χ3v) is 4.94. The number of thioether (sulfide) groups is 1. The summed E-state index contributed by atoms with van der Waals surface area (Å²) in [5.74, 6) is -0.0855. The van der Waals surface area contributed by atoms with Crippen LogP contribution in [0.4, 0.5) is 0 Å². The lowest BCUT2D eigenvalue weighted by Gasteiger charge is -2.24. The van der Waals surface area contributed by atoms with Gasteiger partial charge in [-0.25, -0.2) is 0 Å². The largest absolute Gasteiger partial charge is 0.480 e. The molecule has 4 heteroatoms. The van der Waals surface area contributed by atoms with Crippen LogP contribution in [-0.2, 0) is 16.1 Å².